The summed E-state index contributed by atoms with van der Waals surface area (Å²) in [4.78, 5) is 29.7. The van der Waals surface area contributed by atoms with Crippen LogP contribution in [-0.4, -0.2) is 35.1 Å². The molecule has 168 valence electrons. The van der Waals surface area contributed by atoms with E-state index in [9.17, 15) is 9.59 Å². The first-order valence-corrected chi connectivity index (χ1v) is 11.2. The molecular weight excluding hydrogens is 498 g/mol. The molecule has 0 saturated heterocycles. The molecule has 0 saturated carbocycles. The minimum Gasteiger partial charge on any atom is -0.478 e. The fraction of sp³-hybridized carbons (Fsp3) is 0.304. The maximum absolute atomic E-state index is 13.3. The fourth-order valence-corrected chi connectivity index (χ4v) is 3.57. The largest absolute Gasteiger partial charge is 0.478 e. The van der Waals surface area contributed by atoms with E-state index < -0.39 is 12.1 Å². The quantitative estimate of drug-likeness (QED) is 0.318. The van der Waals surface area contributed by atoms with Crippen LogP contribution in [-0.2, 0) is 9.53 Å². The number of fused-ring (bicyclic) bond motifs is 1. The molecule has 7 nitrogen and oxygen atoms in total. The molecule has 2 aromatic carbocycles. The van der Waals surface area contributed by atoms with Gasteiger partial charge in [0.1, 0.15) is 11.6 Å². The Morgan fingerprint density at radius 3 is 2.72 bits per heavy atom. The highest BCUT2D eigenvalue weighted by molar-refractivity contribution is 9.10. The van der Waals surface area contributed by atoms with Crippen LogP contribution in [0.4, 0.5) is 0 Å². The van der Waals surface area contributed by atoms with E-state index in [-0.39, 0.29) is 11.5 Å². The van der Waals surface area contributed by atoms with Gasteiger partial charge in [-0.3, -0.25) is 4.79 Å². The molecule has 3 rings (SSSR count). The van der Waals surface area contributed by atoms with Gasteiger partial charge in [0.15, 0.2) is 6.10 Å². The maximum Gasteiger partial charge on any atom is 0.346 e. The zero-order valence-corrected chi connectivity index (χ0v) is 20.5. The van der Waals surface area contributed by atoms with E-state index in [2.05, 4.69) is 21.0 Å². The van der Waals surface area contributed by atoms with Crippen LogP contribution in [0.1, 0.15) is 44.5 Å². The fourth-order valence-electron chi connectivity index (χ4n) is 3.03. The number of ether oxygens (including phenoxy) is 2. The molecular formula is C23H23BrClN3O4. The van der Waals surface area contributed by atoms with Crippen molar-refractivity contribution in [1.82, 2.24) is 9.66 Å². The number of rotatable bonds is 7. The summed E-state index contributed by atoms with van der Waals surface area (Å²) in [5.41, 5.74) is 0.832. The topological polar surface area (TPSA) is 82.8 Å². The zero-order valence-electron chi connectivity index (χ0n) is 18.1. The summed E-state index contributed by atoms with van der Waals surface area (Å²) in [6, 6.07) is 10.3. The second-order valence-corrected chi connectivity index (χ2v) is 8.62. The van der Waals surface area contributed by atoms with E-state index in [1.807, 2.05) is 19.9 Å². The average Bonchev–Trinajstić information content (AvgIpc) is 2.78. The predicted molar refractivity (Wildman–Crippen MR) is 129 cm³/mol. The Kier molecular flexibility index (Phi) is 7.69. The van der Waals surface area contributed by atoms with E-state index >= 15 is 0 Å². The lowest BCUT2D eigenvalue weighted by Crippen LogP contribution is -2.25. The molecule has 3 aromatic rings. The van der Waals surface area contributed by atoms with Gasteiger partial charge in [-0.1, -0.05) is 41.4 Å². The number of carbonyl (C=O) groups excluding carboxylic acids is 1. The highest BCUT2D eigenvalue weighted by atomic mass is 79.9. The van der Waals surface area contributed by atoms with Crippen LogP contribution in [0.15, 0.2) is 50.8 Å². The lowest BCUT2D eigenvalue weighted by atomic mass is 10.1. The average molecular weight is 521 g/mol. The van der Waals surface area contributed by atoms with Crippen molar-refractivity contribution in [3.05, 3.63) is 67.6 Å². The number of hydrogen-bond acceptors (Lipinski definition) is 6. The Bertz CT molecular complexity index is 1240. The van der Waals surface area contributed by atoms with Gasteiger partial charge in [-0.15, -0.1) is 0 Å². The van der Waals surface area contributed by atoms with Crippen molar-refractivity contribution in [3.63, 3.8) is 0 Å². The summed E-state index contributed by atoms with van der Waals surface area (Å²) in [5, 5.41) is 5.35. The maximum atomic E-state index is 13.3. The van der Waals surface area contributed by atoms with Gasteiger partial charge in [0.2, 0.25) is 0 Å². The second-order valence-electron chi connectivity index (χ2n) is 7.27. The van der Waals surface area contributed by atoms with Gasteiger partial charge < -0.3 is 9.47 Å². The molecule has 0 spiro atoms. The second kappa shape index (κ2) is 10.3. The highest BCUT2D eigenvalue weighted by Crippen LogP contribution is 2.24. The Labute approximate surface area is 199 Å². The van der Waals surface area contributed by atoms with Gasteiger partial charge in [0, 0.05) is 21.0 Å². The van der Waals surface area contributed by atoms with E-state index in [1.54, 1.807) is 37.3 Å². The van der Waals surface area contributed by atoms with Crippen LogP contribution in [0.25, 0.3) is 10.9 Å². The summed E-state index contributed by atoms with van der Waals surface area (Å²) < 4.78 is 12.5. The summed E-state index contributed by atoms with van der Waals surface area (Å²) >= 11 is 9.56. The molecule has 0 unspecified atom stereocenters. The van der Waals surface area contributed by atoms with E-state index in [0.717, 1.165) is 10.9 Å². The Morgan fingerprint density at radius 2 is 2.03 bits per heavy atom. The Morgan fingerprint density at radius 1 is 1.28 bits per heavy atom. The number of hydrogen-bond donors (Lipinski definition) is 0. The molecule has 0 aliphatic carbocycles. The van der Waals surface area contributed by atoms with E-state index in [0.29, 0.717) is 33.1 Å². The third-order valence-corrected chi connectivity index (χ3v) is 5.74. The van der Waals surface area contributed by atoms with Crippen molar-refractivity contribution in [2.24, 2.45) is 5.10 Å². The molecule has 32 heavy (non-hydrogen) atoms. The minimum atomic E-state index is -0.827. The van der Waals surface area contributed by atoms with Crippen molar-refractivity contribution < 1.29 is 14.3 Å². The van der Waals surface area contributed by atoms with Crippen molar-refractivity contribution >= 4 is 50.6 Å². The predicted octanol–water partition coefficient (Wildman–Crippen LogP) is 5.15. The summed E-state index contributed by atoms with van der Waals surface area (Å²) in [5.74, 6) is 0.423. The first-order chi connectivity index (χ1) is 15.2. The molecule has 9 heteroatoms. The molecule has 0 fully saturated rings. The Hall–Kier alpha value is -2.71. The number of carbonyl (C=O) groups is 1. The standard InChI is InChI=1S/C23H23BrClN3O4/c1-5-13(2)21-27-19-8-6-16(24)11-18(19)22(29)28(21)26-12-15-10-17(25)7-9-20(15)32-14(3)23(30)31-4/h6-14H,5H2,1-4H3/t13-,14-/m0/s1. The first-order valence-electron chi connectivity index (χ1n) is 10.1. The number of nitrogens with zero attached hydrogens (tertiary/aromatic N) is 3. The number of methoxy groups -OCH3 is 1. The van der Waals surface area contributed by atoms with Crippen LogP contribution >= 0.6 is 27.5 Å². The lowest BCUT2D eigenvalue weighted by Gasteiger charge is -2.15. The van der Waals surface area contributed by atoms with Crippen LogP contribution in [0, 0.1) is 0 Å². The van der Waals surface area contributed by atoms with E-state index in [1.165, 1.54) is 18.0 Å². The Balaban J connectivity index is 2.12. The lowest BCUT2D eigenvalue weighted by molar-refractivity contribution is -0.147. The number of aromatic nitrogens is 2. The number of halogens is 2. The first kappa shape index (κ1) is 23.9. The molecule has 0 aliphatic heterocycles. The molecule has 2 atom stereocenters. The van der Waals surface area contributed by atoms with E-state index in [4.69, 9.17) is 26.1 Å². The van der Waals surface area contributed by atoms with Gasteiger partial charge in [-0.2, -0.15) is 9.78 Å². The third-order valence-electron chi connectivity index (χ3n) is 5.01. The van der Waals surface area contributed by atoms with Gasteiger partial charge in [-0.25, -0.2) is 9.78 Å². The van der Waals surface area contributed by atoms with Gasteiger partial charge in [0.05, 0.1) is 24.2 Å². The molecule has 0 radical (unpaired) electrons. The van der Waals surface area contributed by atoms with Crippen LogP contribution < -0.4 is 10.3 Å². The van der Waals surface area contributed by atoms with Crippen LogP contribution in [0.5, 0.6) is 5.75 Å². The number of benzene rings is 2. The van der Waals surface area contributed by atoms with Crippen molar-refractivity contribution in [1.29, 1.82) is 0 Å². The normalized spacial score (nSPS) is 13.3. The minimum absolute atomic E-state index is 0.00215. The van der Waals surface area contributed by atoms with Gasteiger partial charge in [-0.05, 0) is 49.7 Å². The summed E-state index contributed by atoms with van der Waals surface area (Å²) in [6.07, 6.45) is 1.43. The molecule has 1 heterocycles. The van der Waals surface area contributed by atoms with Gasteiger partial charge >= 0.3 is 5.97 Å². The highest BCUT2D eigenvalue weighted by Gasteiger charge is 2.18. The smallest absolute Gasteiger partial charge is 0.346 e. The molecule has 0 aliphatic rings. The summed E-state index contributed by atoms with van der Waals surface area (Å²) in [7, 11) is 1.29. The third kappa shape index (κ3) is 5.19. The van der Waals surface area contributed by atoms with Crippen molar-refractivity contribution in [3.8, 4) is 5.75 Å². The van der Waals surface area contributed by atoms with Crippen LogP contribution in [0.3, 0.4) is 0 Å². The molecule has 0 amide bonds. The molecule has 0 bridgehead atoms. The number of esters is 1. The van der Waals surface area contributed by atoms with Gasteiger partial charge in [0.25, 0.3) is 5.56 Å². The summed E-state index contributed by atoms with van der Waals surface area (Å²) in [6.45, 7) is 5.59. The van der Waals surface area contributed by atoms with Crippen LogP contribution in [0.2, 0.25) is 5.02 Å². The molecule has 0 N–H and O–H groups in total. The monoisotopic (exact) mass is 519 g/mol. The zero-order chi connectivity index (χ0) is 23.4. The SMILES string of the molecule is CC[C@H](C)c1nc2ccc(Br)cc2c(=O)n1N=Cc1cc(Cl)ccc1O[C@@H](C)C(=O)OC. The van der Waals surface area contributed by atoms with Crippen molar-refractivity contribution in [2.45, 2.75) is 39.2 Å². The van der Waals surface area contributed by atoms with Crippen molar-refractivity contribution in [2.75, 3.05) is 7.11 Å². The molecule has 1 aromatic heterocycles.